The van der Waals surface area contributed by atoms with Gasteiger partial charge < -0.3 is 33.1 Å². The average molecular weight is 883 g/mol. The lowest BCUT2D eigenvalue weighted by molar-refractivity contribution is 0.0986. The van der Waals surface area contributed by atoms with Gasteiger partial charge in [-0.25, -0.2) is 4.39 Å². The lowest BCUT2D eigenvalue weighted by Crippen LogP contribution is -2.29. The van der Waals surface area contributed by atoms with Crippen LogP contribution in [0.5, 0.6) is 5.75 Å². The maximum atomic E-state index is 14.4. The number of nitrogens with zero attached hydrogens (tertiary/aromatic N) is 6. The van der Waals surface area contributed by atoms with Gasteiger partial charge >= 0.3 is 0 Å². The molecule has 8 nitrogen and oxygen atoms in total. The highest BCUT2D eigenvalue weighted by atomic mass is 19.1. The van der Waals surface area contributed by atoms with Crippen molar-refractivity contribution in [3.63, 3.8) is 0 Å². The Morgan fingerprint density at radius 1 is 0.606 bits per heavy atom. The minimum absolute atomic E-state index is 0.195. The van der Waals surface area contributed by atoms with E-state index in [2.05, 4.69) is 147 Å². The number of likely N-dealkylation sites (N-methyl/N-ethyl adjacent to an activating group) is 2. The van der Waals surface area contributed by atoms with Crippen molar-refractivity contribution in [2.24, 2.45) is 0 Å². The number of ketones is 1. The van der Waals surface area contributed by atoms with Gasteiger partial charge in [0.1, 0.15) is 11.6 Å². The zero-order chi connectivity index (χ0) is 45.5. The number of fused-ring (bicyclic) bond motifs is 11. The molecule has 9 heteroatoms. The van der Waals surface area contributed by atoms with E-state index < -0.39 is 0 Å². The molecule has 1 unspecified atom stereocenters. The summed E-state index contributed by atoms with van der Waals surface area (Å²) < 4.78 is 27.7. The van der Waals surface area contributed by atoms with E-state index in [-0.39, 0.29) is 17.5 Å². The van der Waals surface area contributed by atoms with Gasteiger partial charge in [-0.3, -0.25) is 4.79 Å². The van der Waals surface area contributed by atoms with E-state index in [1.807, 2.05) is 12.1 Å². The predicted molar refractivity (Wildman–Crippen MR) is 272 cm³/mol. The van der Waals surface area contributed by atoms with Crippen LogP contribution in [0, 0.1) is 5.82 Å². The second kappa shape index (κ2) is 18.7. The third kappa shape index (κ3) is 8.05. The first-order chi connectivity index (χ1) is 32.3. The molecule has 0 saturated heterocycles. The number of rotatable bonds is 19. The Morgan fingerprint density at radius 3 is 1.88 bits per heavy atom. The van der Waals surface area contributed by atoms with E-state index in [9.17, 15) is 9.18 Å². The Bertz CT molecular complexity index is 3230. The van der Waals surface area contributed by atoms with E-state index in [0.717, 1.165) is 118 Å². The molecule has 0 N–H and O–H groups in total. The van der Waals surface area contributed by atoms with Gasteiger partial charge in [-0.1, -0.05) is 68.4 Å². The van der Waals surface area contributed by atoms with Crippen molar-refractivity contribution in [3.8, 4) is 5.75 Å². The molecule has 3 aromatic heterocycles. The van der Waals surface area contributed by atoms with Gasteiger partial charge in [-0.05, 0) is 131 Å². The summed E-state index contributed by atoms with van der Waals surface area (Å²) in [5.41, 5.74) is 10.7. The Morgan fingerprint density at radius 2 is 1.20 bits per heavy atom. The molecule has 1 atom stereocenters. The Labute approximate surface area is 387 Å². The Balaban J connectivity index is 0.879. The molecule has 1 aliphatic carbocycles. The molecule has 0 radical (unpaired) electrons. The minimum atomic E-state index is -0.202. The zero-order valence-electron chi connectivity index (χ0n) is 39.3. The van der Waals surface area contributed by atoms with Crippen LogP contribution >= 0.6 is 0 Å². The number of Topliss-reactive ketones (excluding diaryl/α,β-unsaturated/α-hetero) is 1. The maximum Gasteiger partial charge on any atom is 0.163 e. The number of methoxy groups -OCH3 is 1. The standard InChI is InChI=1S/C57H63FN6O2/c1-6-60(31-33-63-48-18-11-8-15-43(48)47-37-41(58)21-23-51(47)63)29-25-39-35-42(66-5)38-53-55(39)44-16-9-12-19-49(44)64(53)34-32-61(7-2)30-26-40-36-54(65)46-22-24-52-57(56(40)46)45-17-10-13-20-50(45)62(52)28-14-27-59(3)4/h8-13,15-24,35,37-38,40H,6-7,14,25-34,36H2,1-5H3. The van der Waals surface area contributed by atoms with Gasteiger partial charge in [0.05, 0.1) is 12.6 Å². The monoisotopic (exact) mass is 882 g/mol. The van der Waals surface area contributed by atoms with Gasteiger partial charge in [-0.2, -0.15) is 0 Å². The number of aryl methyl sites for hydroxylation is 1. The maximum absolute atomic E-state index is 14.4. The summed E-state index contributed by atoms with van der Waals surface area (Å²) in [6, 6.07) is 39.9. The lowest BCUT2D eigenvalue weighted by atomic mass is 9.93. The SMILES string of the molecule is CCN(CCc1cc(OC)cc2c1c1ccccc1n2CCN(CC)CCC1CC(=O)c2ccc3c(c21)c1ccccc1n3CCCN(C)C)CCn1c2ccccc2c2cc(F)ccc21. The van der Waals surface area contributed by atoms with Crippen molar-refractivity contribution in [1.29, 1.82) is 0 Å². The predicted octanol–water partition coefficient (Wildman–Crippen LogP) is 11.8. The third-order valence-electron chi connectivity index (χ3n) is 14.7. The topological polar surface area (TPSA) is 50.8 Å². The van der Waals surface area contributed by atoms with Crippen molar-refractivity contribution < 1.29 is 13.9 Å². The van der Waals surface area contributed by atoms with E-state index in [4.69, 9.17) is 4.74 Å². The molecule has 0 spiro atoms. The fourth-order valence-electron chi connectivity index (χ4n) is 11.3. The molecule has 0 saturated carbocycles. The molecule has 0 aliphatic heterocycles. The van der Waals surface area contributed by atoms with Crippen molar-refractivity contribution in [2.45, 2.75) is 65.1 Å². The molecule has 0 fully saturated rings. The number of ether oxygens (including phenoxy) is 1. The van der Waals surface area contributed by atoms with Gasteiger partial charge in [0.15, 0.2) is 5.78 Å². The van der Waals surface area contributed by atoms with Crippen molar-refractivity contribution in [1.82, 2.24) is 28.4 Å². The second-order valence-corrected chi connectivity index (χ2v) is 18.7. The summed E-state index contributed by atoms with van der Waals surface area (Å²) in [6.45, 7) is 13.6. The summed E-state index contributed by atoms with van der Waals surface area (Å²) in [4.78, 5) is 21.0. The van der Waals surface area contributed by atoms with Crippen LogP contribution in [0.1, 0.15) is 60.5 Å². The van der Waals surface area contributed by atoms with E-state index >= 15 is 0 Å². The highest BCUT2D eigenvalue weighted by molar-refractivity contribution is 6.16. The van der Waals surface area contributed by atoms with Crippen LogP contribution in [0.15, 0.2) is 115 Å². The number of hydrogen-bond acceptors (Lipinski definition) is 5. The first-order valence-corrected chi connectivity index (χ1v) is 24.2. The summed E-state index contributed by atoms with van der Waals surface area (Å²) in [5.74, 6) is 1.15. The van der Waals surface area contributed by atoms with E-state index in [1.54, 1.807) is 19.2 Å². The highest BCUT2D eigenvalue weighted by Gasteiger charge is 2.33. The normalized spacial score (nSPS) is 14.3. The molecular weight excluding hydrogens is 820 g/mol. The Hall–Kier alpha value is -6.00. The molecule has 1 aliphatic rings. The molecule has 6 aromatic carbocycles. The van der Waals surface area contributed by atoms with Crippen molar-refractivity contribution in [2.75, 3.05) is 67.0 Å². The second-order valence-electron chi connectivity index (χ2n) is 18.7. The quantitative estimate of drug-likeness (QED) is 0.0810. The average Bonchev–Trinajstić information content (AvgIpc) is 4.04. The van der Waals surface area contributed by atoms with Crippen LogP contribution in [-0.4, -0.2) is 101 Å². The number of benzene rings is 6. The first kappa shape index (κ1) is 43.9. The molecular formula is C57H63FN6O2. The van der Waals surface area contributed by atoms with Crippen LogP contribution in [-0.2, 0) is 26.1 Å². The highest BCUT2D eigenvalue weighted by Crippen LogP contribution is 2.44. The summed E-state index contributed by atoms with van der Waals surface area (Å²) in [6.07, 6.45) is 3.48. The third-order valence-corrected chi connectivity index (χ3v) is 14.7. The van der Waals surface area contributed by atoms with Gasteiger partial charge in [0, 0.05) is 117 Å². The molecule has 10 rings (SSSR count). The minimum Gasteiger partial charge on any atom is -0.497 e. The summed E-state index contributed by atoms with van der Waals surface area (Å²) in [5, 5.41) is 7.19. The number of para-hydroxylation sites is 3. The van der Waals surface area contributed by atoms with Gasteiger partial charge in [-0.15, -0.1) is 0 Å². The van der Waals surface area contributed by atoms with Crippen LogP contribution < -0.4 is 4.74 Å². The molecule has 340 valence electrons. The summed E-state index contributed by atoms with van der Waals surface area (Å²) in [7, 11) is 6.04. The largest absolute Gasteiger partial charge is 0.497 e. The van der Waals surface area contributed by atoms with Crippen molar-refractivity contribution >= 4 is 71.2 Å². The van der Waals surface area contributed by atoms with Crippen LogP contribution in [0.4, 0.5) is 4.39 Å². The number of hydrogen-bond donors (Lipinski definition) is 0. The van der Waals surface area contributed by atoms with E-state index in [1.165, 1.54) is 54.7 Å². The smallest absolute Gasteiger partial charge is 0.163 e. The molecule has 0 amide bonds. The van der Waals surface area contributed by atoms with Crippen LogP contribution in [0.3, 0.4) is 0 Å². The van der Waals surface area contributed by atoms with Gasteiger partial charge in [0.25, 0.3) is 0 Å². The molecule has 66 heavy (non-hydrogen) atoms. The molecule has 0 bridgehead atoms. The van der Waals surface area contributed by atoms with Gasteiger partial charge in [0.2, 0.25) is 0 Å². The number of carbonyl (C=O) groups excluding carboxylic acids is 1. The fourth-order valence-corrected chi connectivity index (χ4v) is 11.3. The number of carbonyl (C=O) groups is 1. The zero-order valence-corrected chi connectivity index (χ0v) is 39.3. The Kier molecular flexibility index (Phi) is 12.4. The van der Waals surface area contributed by atoms with Crippen LogP contribution in [0.25, 0.3) is 65.4 Å². The van der Waals surface area contributed by atoms with Crippen molar-refractivity contribution in [3.05, 3.63) is 138 Å². The molecule has 3 heterocycles. The first-order valence-electron chi connectivity index (χ1n) is 24.2. The molecule has 9 aromatic rings. The van der Waals surface area contributed by atoms with Crippen LogP contribution in [0.2, 0.25) is 0 Å². The number of halogens is 1. The lowest BCUT2D eigenvalue weighted by Gasteiger charge is -2.24. The fraction of sp³-hybridized carbons (Fsp3) is 0.351. The summed E-state index contributed by atoms with van der Waals surface area (Å²) >= 11 is 0. The van der Waals surface area contributed by atoms with E-state index in [0.29, 0.717) is 6.42 Å². The number of aromatic nitrogens is 3.